The number of nitrogens with zero attached hydrogens (tertiary/aromatic N) is 1. The molecule has 0 bridgehead atoms. The van der Waals surface area contributed by atoms with Gasteiger partial charge in [0, 0.05) is 17.2 Å². The number of hydrogen-bond donors (Lipinski definition) is 3. The quantitative estimate of drug-likeness (QED) is 0.647. The van der Waals surface area contributed by atoms with E-state index in [4.69, 9.17) is 16.3 Å². The van der Waals surface area contributed by atoms with Gasteiger partial charge < -0.3 is 14.9 Å². The first-order valence-corrected chi connectivity index (χ1v) is 7.52. The van der Waals surface area contributed by atoms with Crippen LogP contribution in [0.1, 0.15) is 0 Å². The van der Waals surface area contributed by atoms with Crippen LogP contribution >= 0.6 is 11.6 Å². The highest BCUT2D eigenvalue weighted by molar-refractivity contribution is 6.32. The molecule has 0 fully saturated rings. The number of rotatable bonds is 5. The number of phenols is 2. The highest BCUT2D eigenvalue weighted by Crippen LogP contribution is 2.40. The predicted molar refractivity (Wildman–Crippen MR) is 89.3 cm³/mol. The Bertz CT molecular complexity index is 867. The van der Waals surface area contributed by atoms with Crippen molar-refractivity contribution in [1.29, 1.82) is 0 Å². The summed E-state index contributed by atoms with van der Waals surface area (Å²) in [6, 6.07) is 9.73. The van der Waals surface area contributed by atoms with E-state index in [2.05, 4.69) is 10.2 Å². The largest absolute Gasteiger partial charge is 0.507 e. The van der Waals surface area contributed by atoms with Crippen molar-refractivity contribution >= 4 is 11.6 Å². The van der Waals surface area contributed by atoms with Crippen LogP contribution in [0.2, 0.25) is 5.02 Å². The van der Waals surface area contributed by atoms with E-state index in [0.717, 1.165) is 5.56 Å². The molecule has 7 heteroatoms. The normalized spacial score (nSPS) is 10.8. The van der Waals surface area contributed by atoms with E-state index < -0.39 is 6.67 Å². The molecular weight excluding hydrogens is 335 g/mol. The van der Waals surface area contributed by atoms with Gasteiger partial charge in [-0.1, -0.05) is 23.7 Å². The second-order valence-electron chi connectivity index (χ2n) is 5.04. The molecule has 2 aromatic carbocycles. The first-order chi connectivity index (χ1) is 11.6. The van der Waals surface area contributed by atoms with Crippen LogP contribution < -0.4 is 4.74 Å². The zero-order chi connectivity index (χ0) is 17.1. The van der Waals surface area contributed by atoms with E-state index in [0.29, 0.717) is 22.6 Å². The van der Waals surface area contributed by atoms with E-state index in [-0.39, 0.29) is 23.1 Å². The lowest BCUT2D eigenvalue weighted by Crippen LogP contribution is -1.98. The Morgan fingerprint density at radius 1 is 1.12 bits per heavy atom. The number of benzene rings is 2. The molecule has 0 unspecified atom stereocenters. The highest BCUT2D eigenvalue weighted by atomic mass is 35.5. The van der Waals surface area contributed by atoms with Crippen LogP contribution in [0.25, 0.3) is 22.4 Å². The van der Waals surface area contributed by atoms with Gasteiger partial charge >= 0.3 is 0 Å². The molecule has 3 N–H and O–H groups in total. The van der Waals surface area contributed by atoms with Gasteiger partial charge in [-0.05, 0) is 23.8 Å². The number of alkyl halides is 1. The average molecular weight is 349 g/mol. The number of nitrogens with one attached hydrogen (secondary N) is 1. The summed E-state index contributed by atoms with van der Waals surface area (Å²) in [6.45, 7) is -0.586. The van der Waals surface area contributed by atoms with Gasteiger partial charge in [0.05, 0.1) is 16.9 Å². The topological polar surface area (TPSA) is 78.4 Å². The highest BCUT2D eigenvalue weighted by Gasteiger charge is 2.16. The number of hydrogen-bond acceptors (Lipinski definition) is 4. The molecule has 0 saturated heterocycles. The zero-order valence-electron chi connectivity index (χ0n) is 12.5. The molecule has 3 aromatic rings. The van der Waals surface area contributed by atoms with Crippen LogP contribution in [0.4, 0.5) is 4.39 Å². The van der Waals surface area contributed by atoms with Crippen LogP contribution in [-0.4, -0.2) is 33.7 Å². The molecule has 0 atom stereocenters. The molecule has 0 amide bonds. The lowest BCUT2D eigenvalue weighted by molar-refractivity contribution is 0.273. The Morgan fingerprint density at radius 3 is 2.75 bits per heavy atom. The number of H-pyrrole nitrogens is 1. The number of ether oxygens (including phenoxy) is 1. The van der Waals surface area contributed by atoms with Crippen molar-refractivity contribution < 1.29 is 19.3 Å². The second-order valence-corrected chi connectivity index (χ2v) is 5.45. The molecular formula is C17H14ClFN2O3. The van der Waals surface area contributed by atoms with Gasteiger partial charge in [0.2, 0.25) is 0 Å². The summed E-state index contributed by atoms with van der Waals surface area (Å²) in [5.74, 6) is 0.193. The van der Waals surface area contributed by atoms with Gasteiger partial charge in [0.25, 0.3) is 0 Å². The monoisotopic (exact) mass is 348 g/mol. The smallest absolute Gasteiger partial charge is 0.137 e. The van der Waals surface area contributed by atoms with Crippen LogP contribution in [0.3, 0.4) is 0 Å². The number of aromatic amines is 1. The van der Waals surface area contributed by atoms with Crippen molar-refractivity contribution in [3.05, 3.63) is 47.6 Å². The van der Waals surface area contributed by atoms with Crippen molar-refractivity contribution in [3.63, 3.8) is 0 Å². The van der Waals surface area contributed by atoms with E-state index >= 15 is 0 Å². The first kappa shape index (κ1) is 16.1. The number of aromatic hydroxyl groups is 2. The van der Waals surface area contributed by atoms with E-state index in [1.165, 1.54) is 12.1 Å². The summed E-state index contributed by atoms with van der Waals surface area (Å²) in [5, 5.41) is 26.6. The maximum atomic E-state index is 12.3. The minimum absolute atomic E-state index is 0.0178. The van der Waals surface area contributed by atoms with Crippen LogP contribution in [0, 0.1) is 0 Å². The molecule has 0 aliphatic carbocycles. The van der Waals surface area contributed by atoms with Crippen molar-refractivity contribution in [2.45, 2.75) is 0 Å². The third kappa shape index (κ3) is 3.14. The van der Waals surface area contributed by atoms with Crippen LogP contribution in [-0.2, 0) is 0 Å². The molecule has 0 spiro atoms. The van der Waals surface area contributed by atoms with Gasteiger partial charge in [-0.3, -0.25) is 5.10 Å². The fourth-order valence-electron chi connectivity index (χ4n) is 2.37. The summed E-state index contributed by atoms with van der Waals surface area (Å²) in [6.07, 6.45) is 1.60. The minimum Gasteiger partial charge on any atom is -0.507 e. The SMILES string of the molecule is Oc1cc(O)c(-c2[nH]ncc2-c2cccc(OCCF)c2)cc1Cl. The Labute approximate surface area is 142 Å². The van der Waals surface area contributed by atoms with Crippen molar-refractivity contribution in [2.24, 2.45) is 0 Å². The minimum atomic E-state index is -0.568. The van der Waals surface area contributed by atoms with Crippen molar-refractivity contribution in [1.82, 2.24) is 10.2 Å². The zero-order valence-corrected chi connectivity index (χ0v) is 13.2. The number of aromatic nitrogens is 2. The average Bonchev–Trinajstić information content (AvgIpc) is 3.06. The maximum absolute atomic E-state index is 12.3. The second kappa shape index (κ2) is 6.80. The lowest BCUT2D eigenvalue weighted by Gasteiger charge is -2.09. The van der Waals surface area contributed by atoms with Crippen LogP contribution in [0.15, 0.2) is 42.6 Å². The fourth-order valence-corrected chi connectivity index (χ4v) is 2.53. The fraction of sp³-hybridized carbons (Fsp3) is 0.118. The lowest BCUT2D eigenvalue weighted by atomic mass is 10.0. The standard InChI is InChI=1S/C17H14ClFN2O3/c18-14-7-12(15(22)8-16(14)23)17-13(9-20-21-17)10-2-1-3-11(6-10)24-5-4-19/h1-3,6-9,22-23H,4-5H2,(H,20,21). The Hall–Kier alpha value is -2.73. The van der Waals surface area contributed by atoms with Gasteiger partial charge in [-0.25, -0.2) is 4.39 Å². The van der Waals surface area contributed by atoms with E-state index in [9.17, 15) is 14.6 Å². The van der Waals surface area contributed by atoms with Gasteiger partial charge in [0.15, 0.2) is 0 Å². The third-order valence-corrected chi connectivity index (χ3v) is 3.77. The Balaban J connectivity index is 2.04. The molecule has 0 aliphatic heterocycles. The summed E-state index contributed by atoms with van der Waals surface area (Å²) in [7, 11) is 0. The Kier molecular flexibility index (Phi) is 4.57. The molecule has 24 heavy (non-hydrogen) atoms. The molecule has 124 valence electrons. The summed E-state index contributed by atoms with van der Waals surface area (Å²) in [4.78, 5) is 0. The number of phenolic OH excluding ortho intramolecular Hbond substituents is 2. The number of halogens is 2. The molecule has 0 saturated carbocycles. The molecule has 0 aliphatic rings. The first-order valence-electron chi connectivity index (χ1n) is 7.14. The third-order valence-electron chi connectivity index (χ3n) is 3.46. The van der Waals surface area contributed by atoms with E-state index in [1.54, 1.807) is 24.4 Å². The van der Waals surface area contributed by atoms with Crippen molar-refractivity contribution in [3.8, 4) is 39.6 Å². The van der Waals surface area contributed by atoms with Gasteiger partial charge in [-0.15, -0.1) is 0 Å². The van der Waals surface area contributed by atoms with E-state index in [1.807, 2.05) is 6.07 Å². The molecule has 3 rings (SSSR count). The molecule has 1 aromatic heterocycles. The molecule has 5 nitrogen and oxygen atoms in total. The van der Waals surface area contributed by atoms with Crippen molar-refractivity contribution in [2.75, 3.05) is 13.3 Å². The summed E-state index contributed by atoms with van der Waals surface area (Å²) >= 11 is 5.93. The Morgan fingerprint density at radius 2 is 1.96 bits per heavy atom. The maximum Gasteiger partial charge on any atom is 0.137 e. The van der Waals surface area contributed by atoms with Gasteiger partial charge in [0.1, 0.15) is 30.5 Å². The van der Waals surface area contributed by atoms with Gasteiger partial charge in [-0.2, -0.15) is 5.10 Å². The summed E-state index contributed by atoms with van der Waals surface area (Å²) < 4.78 is 17.5. The van der Waals surface area contributed by atoms with Crippen LogP contribution in [0.5, 0.6) is 17.2 Å². The molecule has 0 radical (unpaired) electrons. The molecule has 1 heterocycles. The summed E-state index contributed by atoms with van der Waals surface area (Å²) in [5.41, 5.74) is 2.42. The predicted octanol–water partition coefficient (Wildman–Crippen LogP) is 4.16.